The van der Waals surface area contributed by atoms with Gasteiger partial charge in [-0.1, -0.05) is 32.0 Å². The Bertz CT molecular complexity index is 759. The molecule has 5 heteroatoms. The standard InChI is InChI=1S/C21H26BrNO3/c1-14(2)17-8-9-20(18(22)12-17)26-13-21(24)23-10-11-25-19-7-5-6-15(3)16(19)4/h5-9,12,14H,10-11,13H2,1-4H3,(H,23,24). The highest BCUT2D eigenvalue weighted by Crippen LogP contribution is 2.28. The van der Waals surface area contributed by atoms with Crippen LogP contribution in [0.5, 0.6) is 11.5 Å². The van der Waals surface area contributed by atoms with Gasteiger partial charge >= 0.3 is 0 Å². The third-order valence-corrected chi connectivity index (χ3v) is 4.84. The number of halogens is 1. The Morgan fingerprint density at radius 2 is 1.88 bits per heavy atom. The summed E-state index contributed by atoms with van der Waals surface area (Å²) in [4.78, 5) is 11.9. The topological polar surface area (TPSA) is 47.6 Å². The van der Waals surface area contributed by atoms with Crippen LogP contribution in [0.25, 0.3) is 0 Å². The fourth-order valence-electron chi connectivity index (χ4n) is 2.42. The Kier molecular flexibility index (Phi) is 7.51. The van der Waals surface area contributed by atoms with Crippen LogP contribution in [0, 0.1) is 13.8 Å². The Hall–Kier alpha value is -2.01. The monoisotopic (exact) mass is 419 g/mol. The van der Waals surface area contributed by atoms with E-state index in [-0.39, 0.29) is 12.5 Å². The van der Waals surface area contributed by atoms with Crippen LogP contribution in [0.2, 0.25) is 0 Å². The summed E-state index contributed by atoms with van der Waals surface area (Å²) < 4.78 is 12.2. The highest BCUT2D eigenvalue weighted by Gasteiger charge is 2.08. The SMILES string of the molecule is Cc1cccc(OCCNC(=O)COc2ccc(C(C)C)cc2Br)c1C. The zero-order valence-corrected chi connectivity index (χ0v) is 17.4. The largest absolute Gasteiger partial charge is 0.491 e. The lowest BCUT2D eigenvalue weighted by Gasteiger charge is -2.13. The Morgan fingerprint density at radius 1 is 1.12 bits per heavy atom. The van der Waals surface area contributed by atoms with Gasteiger partial charge in [-0.15, -0.1) is 0 Å². The van der Waals surface area contributed by atoms with Crippen molar-refractivity contribution in [2.75, 3.05) is 19.8 Å². The highest BCUT2D eigenvalue weighted by molar-refractivity contribution is 9.10. The summed E-state index contributed by atoms with van der Waals surface area (Å²) in [6.07, 6.45) is 0. The van der Waals surface area contributed by atoms with Crippen molar-refractivity contribution < 1.29 is 14.3 Å². The van der Waals surface area contributed by atoms with Crippen LogP contribution in [0.15, 0.2) is 40.9 Å². The minimum absolute atomic E-state index is 0.0247. The van der Waals surface area contributed by atoms with Gasteiger partial charge in [-0.2, -0.15) is 0 Å². The number of nitrogens with one attached hydrogen (secondary N) is 1. The molecule has 0 aliphatic rings. The van der Waals surface area contributed by atoms with Crippen molar-refractivity contribution in [2.24, 2.45) is 0 Å². The maximum Gasteiger partial charge on any atom is 0.258 e. The molecule has 2 aromatic carbocycles. The van der Waals surface area contributed by atoms with E-state index in [2.05, 4.69) is 35.1 Å². The van der Waals surface area contributed by atoms with Crippen molar-refractivity contribution in [2.45, 2.75) is 33.6 Å². The number of carbonyl (C=O) groups excluding carboxylic acids is 1. The van der Waals surface area contributed by atoms with Crippen LogP contribution in [-0.2, 0) is 4.79 Å². The first-order valence-electron chi connectivity index (χ1n) is 8.76. The molecule has 1 N–H and O–H groups in total. The van der Waals surface area contributed by atoms with E-state index >= 15 is 0 Å². The first-order valence-corrected chi connectivity index (χ1v) is 9.55. The molecule has 0 unspecified atom stereocenters. The summed E-state index contributed by atoms with van der Waals surface area (Å²) in [6, 6.07) is 11.9. The van der Waals surface area contributed by atoms with Crippen molar-refractivity contribution in [3.63, 3.8) is 0 Å². The van der Waals surface area contributed by atoms with Crippen LogP contribution in [0.1, 0.15) is 36.5 Å². The van der Waals surface area contributed by atoms with E-state index in [0.717, 1.165) is 15.8 Å². The summed E-state index contributed by atoms with van der Waals surface area (Å²) >= 11 is 3.49. The quantitative estimate of drug-likeness (QED) is 0.627. The second kappa shape index (κ2) is 9.62. The predicted molar refractivity (Wildman–Crippen MR) is 108 cm³/mol. The summed E-state index contributed by atoms with van der Waals surface area (Å²) in [7, 11) is 0. The van der Waals surface area contributed by atoms with Gasteiger partial charge in [0.1, 0.15) is 18.1 Å². The van der Waals surface area contributed by atoms with Crippen molar-refractivity contribution in [3.05, 3.63) is 57.6 Å². The van der Waals surface area contributed by atoms with E-state index in [1.54, 1.807) is 0 Å². The molecular weight excluding hydrogens is 394 g/mol. The van der Waals surface area contributed by atoms with Gasteiger partial charge < -0.3 is 14.8 Å². The molecule has 0 heterocycles. The predicted octanol–water partition coefficient (Wildman–Crippen LogP) is 4.76. The minimum Gasteiger partial charge on any atom is -0.491 e. The fraction of sp³-hybridized carbons (Fsp3) is 0.381. The first kappa shape index (κ1) is 20.3. The van der Waals surface area contributed by atoms with Gasteiger partial charge in [-0.25, -0.2) is 0 Å². The lowest BCUT2D eigenvalue weighted by Crippen LogP contribution is -2.32. The summed E-state index contributed by atoms with van der Waals surface area (Å²) in [6.45, 7) is 9.17. The number of hydrogen-bond donors (Lipinski definition) is 1. The van der Waals surface area contributed by atoms with E-state index in [9.17, 15) is 4.79 Å². The van der Waals surface area contributed by atoms with Crippen molar-refractivity contribution >= 4 is 21.8 Å². The average molecular weight is 420 g/mol. The van der Waals surface area contributed by atoms with Crippen LogP contribution in [0.4, 0.5) is 0 Å². The molecule has 1 amide bonds. The molecule has 0 aliphatic heterocycles. The molecule has 0 spiro atoms. The number of amides is 1. The fourth-order valence-corrected chi connectivity index (χ4v) is 2.93. The van der Waals surface area contributed by atoms with Crippen LogP contribution in [-0.4, -0.2) is 25.7 Å². The number of ether oxygens (including phenoxy) is 2. The second-order valence-electron chi connectivity index (χ2n) is 6.53. The Morgan fingerprint density at radius 3 is 2.58 bits per heavy atom. The molecule has 26 heavy (non-hydrogen) atoms. The molecule has 140 valence electrons. The zero-order chi connectivity index (χ0) is 19.1. The Balaban J connectivity index is 1.73. The summed E-state index contributed by atoms with van der Waals surface area (Å²) in [5.74, 6) is 1.79. The molecule has 0 fully saturated rings. The van der Waals surface area contributed by atoms with Gasteiger partial charge in [0, 0.05) is 0 Å². The zero-order valence-electron chi connectivity index (χ0n) is 15.8. The van der Waals surface area contributed by atoms with E-state index in [4.69, 9.17) is 9.47 Å². The molecule has 2 rings (SSSR count). The molecule has 0 atom stereocenters. The van der Waals surface area contributed by atoms with Crippen molar-refractivity contribution in [1.29, 1.82) is 0 Å². The lowest BCUT2D eigenvalue weighted by molar-refractivity contribution is -0.123. The number of benzene rings is 2. The van der Waals surface area contributed by atoms with Gasteiger partial charge in [-0.3, -0.25) is 4.79 Å². The van der Waals surface area contributed by atoms with Crippen molar-refractivity contribution in [1.82, 2.24) is 5.32 Å². The molecule has 0 saturated carbocycles. The molecule has 0 aromatic heterocycles. The van der Waals surface area contributed by atoms with E-state index in [1.807, 2.05) is 50.2 Å². The lowest BCUT2D eigenvalue weighted by atomic mass is 10.0. The normalized spacial score (nSPS) is 10.7. The van der Waals surface area contributed by atoms with Gasteiger partial charge in [0.15, 0.2) is 6.61 Å². The van der Waals surface area contributed by atoms with Gasteiger partial charge in [0.2, 0.25) is 0 Å². The Labute approximate surface area is 164 Å². The van der Waals surface area contributed by atoms with Crippen LogP contribution in [0.3, 0.4) is 0 Å². The third-order valence-electron chi connectivity index (χ3n) is 4.22. The minimum atomic E-state index is -0.172. The number of carbonyl (C=O) groups is 1. The van der Waals surface area contributed by atoms with E-state index < -0.39 is 0 Å². The second-order valence-corrected chi connectivity index (χ2v) is 7.38. The number of rotatable bonds is 8. The molecule has 0 saturated heterocycles. The third kappa shape index (κ3) is 5.77. The number of aryl methyl sites for hydroxylation is 1. The van der Waals surface area contributed by atoms with Crippen LogP contribution < -0.4 is 14.8 Å². The van der Waals surface area contributed by atoms with Crippen LogP contribution >= 0.6 is 15.9 Å². The average Bonchev–Trinajstić information content (AvgIpc) is 2.60. The van der Waals surface area contributed by atoms with Crippen molar-refractivity contribution in [3.8, 4) is 11.5 Å². The molecule has 4 nitrogen and oxygen atoms in total. The molecular formula is C21H26BrNO3. The molecule has 0 bridgehead atoms. The van der Waals surface area contributed by atoms with Gasteiger partial charge in [0.25, 0.3) is 5.91 Å². The highest BCUT2D eigenvalue weighted by atomic mass is 79.9. The summed E-state index contributed by atoms with van der Waals surface area (Å²) in [5.41, 5.74) is 3.53. The van der Waals surface area contributed by atoms with Gasteiger partial charge in [0.05, 0.1) is 11.0 Å². The number of hydrogen-bond acceptors (Lipinski definition) is 3. The molecule has 2 aromatic rings. The first-order chi connectivity index (χ1) is 12.4. The maximum atomic E-state index is 11.9. The smallest absolute Gasteiger partial charge is 0.258 e. The summed E-state index contributed by atoms with van der Waals surface area (Å²) in [5, 5.41) is 2.80. The van der Waals surface area contributed by atoms with E-state index in [1.165, 1.54) is 11.1 Å². The maximum absolute atomic E-state index is 11.9. The van der Waals surface area contributed by atoms with Gasteiger partial charge in [-0.05, 0) is 70.6 Å². The molecule has 0 radical (unpaired) electrons. The van der Waals surface area contributed by atoms with E-state index in [0.29, 0.717) is 24.8 Å². The molecule has 0 aliphatic carbocycles.